The Morgan fingerprint density at radius 1 is 1.31 bits per heavy atom. The highest BCUT2D eigenvalue weighted by molar-refractivity contribution is 5.24. The molecule has 0 aliphatic carbocycles. The van der Waals surface area contributed by atoms with Gasteiger partial charge in [0.1, 0.15) is 0 Å². The molecular weight excluding hydrogens is 194 g/mol. The van der Waals surface area contributed by atoms with E-state index in [0.717, 1.165) is 6.54 Å². The third kappa shape index (κ3) is 4.19. The van der Waals surface area contributed by atoms with Crippen molar-refractivity contribution in [1.82, 2.24) is 5.32 Å². The second-order valence-corrected chi connectivity index (χ2v) is 4.55. The second kappa shape index (κ2) is 6.49. The van der Waals surface area contributed by atoms with Crippen LogP contribution in [0.4, 0.5) is 0 Å². The first-order chi connectivity index (χ1) is 7.63. The van der Waals surface area contributed by atoms with Gasteiger partial charge < -0.3 is 5.32 Å². The maximum absolute atomic E-state index is 3.90. The zero-order chi connectivity index (χ0) is 12.0. The van der Waals surface area contributed by atoms with Gasteiger partial charge in [-0.15, -0.1) is 0 Å². The maximum Gasteiger partial charge on any atom is 0.0294 e. The van der Waals surface area contributed by atoms with Gasteiger partial charge in [-0.1, -0.05) is 49.8 Å². The van der Waals surface area contributed by atoms with Crippen LogP contribution in [0.1, 0.15) is 44.4 Å². The standard InChI is InChI=1S/C15H23N/c1-5-6-14-7-9-15(10-8-14)13(4)16-11-12(2)3/h7-10,13,16H,2,5-6,11H2,1,3-4H3. The largest absolute Gasteiger partial charge is 0.306 e. The van der Waals surface area contributed by atoms with Crippen LogP contribution in [0, 0.1) is 0 Å². The molecule has 0 saturated carbocycles. The van der Waals surface area contributed by atoms with Gasteiger partial charge in [0.15, 0.2) is 0 Å². The number of nitrogens with one attached hydrogen (secondary N) is 1. The van der Waals surface area contributed by atoms with Crippen molar-refractivity contribution in [1.29, 1.82) is 0 Å². The van der Waals surface area contributed by atoms with E-state index < -0.39 is 0 Å². The Bertz CT molecular complexity index is 324. The monoisotopic (exact) mass is 217 g/mol. The quantitative estimate of drug-likeness (QED) is 0.713. The second-order valence-electron chi connectivity index (χ2n) is 4.55. The fraction of sp³-hybridized carbons (Fsp3) is 0.467. The molecule has 1 heteroatoms. The van der Waals surface area contributed by atoms with Gasteiger partial charge in [-0.2, -0.15) is 0 Å². The highest BCUT2D eigenvalue weighted by Gasteiger charge is 2.03. The molecule has 0 heterocycles. The molecule has 0 bridgehead atoms. The normalized spacial score (nSPS) is 12.4. The van der Waals surface area contributed by atoms with Gasteiger partial charge in [-0.05, 0) is 31.4 Å². The molecule has 0 aliphatic heterocycles. The lowest BCUT2D eigenvalue weighted by atomic mass is 10.0. The van der Waals surface area contributed by atoms with Crippen LogP contribution < -0.4 is 5.32 Å². The van der Waals surface area contributed by atoms with Crippen molar-refractivity contribution < 1.29 is 0 Å². The number of hydrogen-bond donors (Lipinski definition) is 1. The Hall–Kier alpha value is -1.08. The van der Waals surface area contributed by atoms with Crippen LogP contribution in [0.3, 0.4) is 0 Å². The van der Waals surface area contributed by atoms with Crippen molar-refractivity contribution in [2.24, 2.45) is 0 Å². The van der Waals surface area contributed by atoms with Crippen LogP contribution in [0.5, 0.6) is 0 Å². The fourth-order valence-corrected chi connectivity index (χ4v) is 1.71. The zero-order valence-corrected chi connectivity index (χ0v) is 10.7. The Morgan fingerprint density at radius 3 is 2.44 bits per heavy atom. The molecule has 16 heavy (non-hydrogen) atoms. The van der Waals surface area contributed by atoms with Gasteiger partial charge in [0.05, 0.1) is 0 Å². The van der Waals surface area contributed by atoms with Crippen molar-refractivity contribution in [2.45, 2.75) is 39.7 Å². The molecule has 0 fully saturated rings. The zero-order valence-electron chi connectivity index (χ0n) is 10.7. The predicted molar refractivity (Wildman–Crippen MR) is 71.7 cm³/mol. The van der Waals surface area contributed by atoms with Gasteiger partial charge in [-0.25, -0.2) is 0 Å². The maximum atomic E-state index is 3.90. The topological polar surface area (TPSA) is 12.0 Å². The molecule has 0 aliphatic rings. The van der Waals surface area contributed by atoms with Crippen molar-refractivity contribution in [2.75, 3.05) is 6.54 Å². The summed E-state index contributed by atoms with van der Waals surface area (Å²) in [5, 5.41) is 3.45. The van der Waals surface area contributed by atoms with E-state index >= 15 is 0 Å². The molecule has 1 atom stereocenters. The molecular formula is C15H23N. The fourth-order valence-electron chi connectivity index (χ4n) is 1.71. The van der Waals surface area contributed by atoms with Gasteiger partial charge in [-0.3, -0.25) is 0 Å². The molecule has 1 N–H and O–H groups in total. The first-order valence-electron chi connectivity index (χ1n) is 6.10. The summed E-state index contributed by atoms with van der Waals surface area (Å²) < 4.78 is 0. The first-order valence-corrected chi connectivity index (χ1v) is 6.10. The molecule has 1 rings (SSSR count). The van der Waals surface area contributed by atoms with Crippen molar-refractivity contribution in [3.8, 4) is 0 Å². The average molecular weight is 217 g/mol. The lowest BCUT2D eigenvalue weighted by molar-refractivity contribution is 0.607. The Morgan fingerprint density at radius 2 is 1.94 bits per heavy atom. The molecule has 0 saturated heterocycles. The average Bonchev–Trinajstić information content (AvgIpc) is 2.27. The minimum Gasteiger partial charge on any atom is -0.306 e. The first kappa shape index (κ1) is 13.0. The lowest BCUT2D eigenvalue weighted by Crippen LogP contribution is -2.20. The number of benzene rings is 1. The van der Waals surface area contributed by atoms with Crippen molar-refractivity contribution >= 4 is 0 Å². The van der Waals surface area contributed by atoms with Crippen LogP contribution >= 0.6 is 0 Å². The summed E-state index contributed by atoms with van der Waals surface area (Å²) >= 11 is 0. The molecule has 1 aromatic rings. The molecule has 0 spiro atoms. The SMILES string of the molecule is C=C(C)CNC(C)c1ccc(CCC)cc1. The highest BCUT2D eigenvalue weighted by atomic mass is 14.9. The number of rotatable bonds is 6. The Labute approximate surface area is 99.6 Å². The molecule has 1 unspecified atom stereocenters. The van der Waals surface area contributed by atoms with Gasteiger partial charge in [0.2, 0.25) is 0 Å². The van der Waals surface area contributed by atoms with Crippen molar-refractivity contribution in [3.63, 3.8) is 0 Å². The van der Waals surface area contributed by atoms with E-state index in [2.05, 4.69) is 50.0 Å². The summed E-state index contributed by atoms with van der Waals surface area (Å²) in [6.45, 7) is 11.2. The van der Waals surface area contributed by atoms with Gasteiger partial charge >= 0.3 is 0 Å². The van der Waals surface area contributed by atoms with Crippen molar-refractivity contribution in [3.05, 3.63) is 47.5 Å². The van der Waals surface area contributed by atoms with Crippen LogP contribution in [0.25, 0.3) is 0 Å². The van der Waals surface area contributed by atoms with E-state index in [4.69, 9.17) is 0 Å². The molecule has 1 aromatic carbocycles. The van der Waals surface area contributed by atoms with E-state index in [-0.39, 0.29) is 0 Å². The third-order valence-corrected chi connectivity index (χ3v) is 2.73. The Balaban J connectivity index is 2.55. The van der Waals surface area contributed by atoms with E-state index in [1.54, 1.807) is 0 Å². The molecule has 0 radical (unpaired) electrons. The summed E-state index contributed by atoms with van der Waals surface area (Å²) in [5.74, 6) is 0. The van der Waals surface area contributed by atoms with Crippen LogP contribution in [0.2, 0.25) is 0 Å². The third-order valence-electron chi connectivity index (χ3n) is 2.73. The number of aryl methyl sites for hydroxylation is 1. The van der Waals surface area contributed by atoms with Gasteiger partial charge in [0, 0.05) is 12.6 Å². The lowest BCUT2D eigenvalue weighted by Gasteiger charge is -2.14. The molecule has 1 nitrogen and oxygen atoms in total. The van der Waals surface area contributed by atoms with Crippen LogP contribution in [0.15, 0.2) is 36.4 Å². The summed E-state index contributed by atoms with van der Waals surface area (Å²) in [5.41, 5.74) is 3.95. The summed E-state index contributed by atoms with van der Waals surface area (Å²) in [7, 11) is 0. The summed E-state index contributed by atoms with van der Waals surface area (Å²) in [4.78, 5) is 0. The summed E-state index contributed by atoms with van der Waals surface area (Å²) in [6, 6.07) is 9.31. The molecule has 0 aromatic heterocycles. The van der Waals surface area contributed by atoms with E-state index in [0.29, 0.717) is 6.04 Å². The highest BCUT2D eigenvalue weighted by Crippen LogP contribution is 2.14. The Kier molecular flexibility index (Phi) is 5.27. The van der Waals surface area contributed by atoms with E-state index in [1.165, 1.54) is 29.5 Å². The molecule has 0 amide bonds. The van der Waals surface area contributed by atoms with Crippen LogP contribution in [-0.2, 0) is 6.42 Å². The van der Waals surface area contributed by atoms with Crippen LogP contribution in [-0.4, -0.2) is 6.54 Å². The van der Waals surface area contributed by atoms with E-state index in [1.807, 2.05) is 6.92 Å². The van der Waals surface area contributed by atoms with Gasteiger partial charge in [0.25, 0.3) is 0 Å². The minimum absolute atomic E-state index is 0.396. The smallest absolute Gasteiger partial charge is 0.0294 e. The predicted octanol–water partition coefficient (Wildman–Crippen LogP) is 3.87. The van der Waals surface area contributed by atoms with E-state index in [9.17, 15) is 0 Å². The number of hydrogen-bond acceptors (Lipinski definition) is 1. The minimum atomic E-state index is 0.396. The summed E-state index contributed by atoms with van der Waals surface area (Å²) in [6.07, 6.45) is 2.39. The molecule has 88 valence electrons.